The molecule has 0 aromatic heterocycles. The molecule has 0 spiro atoms. The van der Waals surface area contributed by atoms with Crippen molar-refractivity contribution in [3.63, 3.8) is 0 Å². The maximum Gasteiger partial charge on any atom is 0.235 e. The zero-order valence-corrected chi connectivity index (χ0v) is 12.0. The summed E-state index contributed by atoms with van der Waals surface area (Å²) in [5, 5.41) is 12.2. The van der Waals surface area contributed by atoms with Crippen LogP contribution in [0.3, 0.4) is 0 Å². The van der Waals surface area contributed by atoms with Crippen LogP contribution in [0, 0.1) is 11.3 Å². The Morgan fingerprint density at radius 3 is 2.47 bits per heavy atom. The van der Waals surface area contributed by atoms with Gasteiger partial charge < -0.3 is 5.32 Å². The molecule has 1 saturated heterocycles. The molecule has 6 heteroatoms. The molecule has 1 N–H and O–H groups in total. The van der Waals surface area contributed by atoms with Crippen molar-refractivity contribution in [2.75, 3.05) is 31.1 Å². The Balaban J connectivity index is 1.83. The maximum atomic E-state index is 12.0. The summed E-state index contributed by atoms with van der Waals surface area (Å²) in [7, 11) is -0.718. The molecule has 1 amide bonds. The van der Waals surface area contributed by atoms with Gasteiger partial charge in [0.15, 0.2) is 0 Å². The van der Waals surface area contributed by atoms with Crippen LogP contribution in [-0.2, 0) is 15.6 Å². The highest BCUT2D eigenvalue weighted by molar-refractivity contribution is 7.85. The highest BCUT2D eigenvalue weighted by Gasteiger charge is 2.33. The number of nitriles is 1. The number of hydrogen-bond donors (Lipinski definition) is 1. The topological polar surface area (TPSA) is 73.2 Å². The molecule has 0 aromatic rings. The van der Waals surface area contributed by atoms with E-state index in [4.69, 9.17) is 0 Å². The Morgan fingerprint density at radius 1 is 1.26 bits per heavy atom. The lowest BCUT2D eigenvalue weighted by atomic mass is 9.83. The Morgan fingerprint density at radius 2 is 1.89 bits per heavy atom. The largest absolute Gasteiger partial charge is 0.337 e. The average molecular weight is 283 g/mol. The molecule has 5 nitrogen and oxygen atoms in total. The van der Waals surface area contributed by atoms with Crippen LogP contribution in [0.15, 0.2) is 0 Å². The van der Waals surface area contributed by atoms with Gasteiger partial charge in [0.2, 0.25) is 5.91 Å². The van der Waals surface area contributed by atoms with Crippen LogP contribution in [0.4, 0.5) is 0 Å². The van der Waals surface area contributed by atoms with E-state index >= 15 is 0 Å². The minimum atomic E-state index is -0.718. The summed E-state index contributed by atoms with van der Waals surface area (Å²) >= 11 is 0. The first kappa shape index (κ1) is 14.5. The Kier molecular flexibility index (Phi) is 4.94. The van der Waals surface area contributed by atoms with Crippen LogP contribution in [0.2, 0.25) is 0 Å². The van der Waals surface area contributed by atoms with Crippen molar-refractivity contribution in [2.45, 2.75) is 37.6 Å². The zero-order valence-electron chi connectivity index (χ0n) is 11.2. The van der Waals surface area contributed by atoms with Crippen molar-refractivity contribution in [3.05, 3.63) is 0 Å². The van der Waals surface area contributed by atoms with Crippen LogP contribution in [0.1, 0.15) is 32.1 Å². The average Bonchev–Trinajstić information content (AvgIpc) is 2.42. The lowest BCUT2D eigenvalue weighted by molar-refractivity contribution is -0.123. The molecule has 1 heterocycles. The summed E-state index contributed by atoms with van der Waals surface area (Å²) in [5.41, 5.74) is -0.645. The fraction of sp³-hybridized carbons (Fsp3) is 0.846. The molecule has 1 aliphatic heterocycles. The number of hydrogen-bond acceptors (Lipinski definition) is 4. The smallest absolute Gasteiger partial charge is 0.235 e. The first-order chi connectivity index (χ1) is 9.13. The van der Waals surface area contributed by atoms with Gasteiger partial charge in [-0.25, -0.2) is 0 Å². The summed E-state index contributed by atoms with van der Waals surface area (Å²) in [5.74, 6) is 1.23. The summed E-state index contributed by atoms with van der Waals surface area (Å²) in [6, 6.07) is 2.29. The monoisotopic (exact) mass is 283 g/mol. The molecule has 0 atom stereocenters. The molecule has 2 fully saturated rings. The highest BCUT2D eigenvalue weighted by Crippen LogP contribution is 2.27. The minimum absolute atomic E-state index is 0.0730. The first-order valence-electron chi connectivity index (χ1n) is 6.93. The standard InChI is InChI=1S/C13H21N3O2S/c14-11-13(4-2-1-3-5-13)15-12(17)10-16-6-8-19(18)9-7-16/h1-10H2,(H,15,17). The predicted octanol–water partition coefficient (Wildman–Crippen LogP) is 0.393. The number of carbonyl (C=O) groups excluding carboxylic acids is 1. The van der Waals surface area contributed by atoms with Crippen molar-refractivity contribution >= 4 is 16.7 Å². The van der Waals surface area contributed by atoms with E-state index < -0.39 is 16.3 Å². The molecule has 0 aromatic carbocycles. The quantitative estimate of drug-likeness (QED) is 0.813. The van der Waals surface area contributed by atoms with Crippen molar-refractivity contribution in [3.8, 4) is 6.07 Å². The van der Waals surface area contributed by atoms with Gasteiger partial charge in [-0.1, -0.05) is 19.3 Å². The van der Waals surface area contributed by atoms with Gasteiger partial charge in [0, 0.05) is 35.4 Å². The fourth-order valence-electron chi connectivity index (χ4n) is 2.76. The van der Waals surface area contributed by atoms with Crippen LogP contribution in [-0.4, -0.2) is 51.7 Å². The lowest BCUT2D eigenvalue weighted by Crippen LogP contribution is -2.52. The Bertz CT molecular complexity index is 389. The van der Waals surface area contributed by atoms with E-state index in [9.17, 15) is 14.3 Å². The minimum Gasteiger partial charge on any atom is -0.337 e. The van der Waals surface area contributed by atoms with Crippen molar-refractivity contribution in [1.29, 1.82) is 5.26 Å². The Hall–Kier alpha value is -0.930. The van der Waals surface area contributed by atoms with Gasteiger partial charge in [-0.05, 0) is 12.8 Å². The predicted molar refractivity (Wildman–Crippen MR) is 73.9 cm³/mol. The summed E-state index contributed by atoms with van der Waals surface area (Å²) < 4.78 is 11.2. The molecule has 0 unspecified atom stereocenters. The first-order valence-corrected chi connectivity index (χ1v) is 8.42. The normalized spacial score (nSPS) is 24.6. The molecular weight excluding hydrogens is 262 g/mol. The van der Waals surface area contributed by atoms with E-state index in [2.05, 4.69) is 11.4 Å². The molecular formula is C13H21N3O2S. The van der Waals surface area contributed by atoms with E-state index in [0.29, 0.717) is 31.1 Å². The van der Waals surface area contributed by atoms with Gasteiger partial charge in [-0.3, -0.25) is 13.9 Å². The third kappa shape index (κ3) is 4.02. The van der Waals surface area contributed by atoms with Crippen LogP contribution < -0.4 is 5.32 Å². The van der Waals surface area contributed by atoms with Gasteiger partial charge in [-0.15, -0.1) is 0 Å². The zero-order chi connectivity index (χ0) is 13.7. The summed E-state index contributed by atoms with van der Waals surface area (Å²) in [4.78, 5) is 14.1. The molecule has 19 heavy (non-hydrogen) atoms. The van der Waals surface area contributed by atoms with Crippen LogP contribution in [0.5, 0.6) is 0 Å². The second-order valence-electron chi connectivity index (χ2n) is 5.43. The van der Waals surface area contributed by atoms with E-state index in [0.717, 1.165) is 32.1 Å². The summed E-state index contributed by atoms with van der Waals surface area (Å²) in [6.07, 6.45) is 4.70. The van der Waals surface area contributed by atoms with Crippen molar-refractivity contribution < 1.29 is 9.00 Å². The van der Waals surface area contributed by atoms with E-state index in [-0.39, 0.29) is 5.91 Å². The molecule has 2 rings (SSSR count). The summed E-state index contributed by atoms with van der Waals surface area (Å²) in [6.45, 7) is 1.74. The number of nitrogens with zero attached hydrogens (tertiary/aromatic N) is 2. The van der Waals surface area contributed by atoms with Gasteiger partial charge in [0.25, 0.3) is 0 Å². The van der Waals surface area contributed by atoms with E-state index in [1.807, 2.05) is 4.90 Å². The van der Waals surface area contributed by atoms with Crippen LogP contribution in [0.25, 0.3) is 0 Å². The number of amides is 1. The van der Waals surface area contributed by atoms with Gasteiger partial charge in [0.05, 0.1) is 12.6 Å². The number of nitrogens with one attached hydrogen (secondary N) is 1. The second-order valence-corrected chi connectivity index (χ2v) is 7.12. The number of rotatable bonds is 3. The highest BCUT2D eigenvalue weighted by atomic mass is 32.2. The molecule has 1 saturated carbocycles. The lowest BCUT2D eigenvalue weighted by Gasteiger charge is -2.33. The van der Waals surface area contributed by atoms with Gasteiger partial charge in [-0.2, -0.15) is 5.26 Å². The second kappa shape index (κ2) is 6.49. The molecule has 1 aliphatic carbocycles. The number of carbonyl (C=O) groups is 1. The Labute approximate surface area is 116 Å². The van der Waals surface area contributed by atoms with Crippen LogP contribution >= 0.6 is 0 Å². The van der Waals surface area contributed by atoms with Gasteiger partial charge in [0.1, 0.15) is 5.54 Å². The molecule has 0 bridgehead atoms. The maximum absolute atomic E-state index is 12.0. The molecule has 2 aliphatic rings. The third-order valence-electron chi connectivity index (χ3n) is 3.94. The van der Waals surface area contributed by atoms with Crippen molar-refractivity contribution in [1.82, 2.24) is 10.2 Å². The van der Waals surface area contributed by atoms with Crippen molar-refractivity contribution in [2.24, 2.45) is 0 Å². The molecule has 0 radical (unpaired) electrons. The van der Waals surface area contributed by atoms with Gasteiger partial charge >= 0.3 is 0 Å². The van der Waals surface area contributed by atoms with E-state index in [1.54, 1.807) is 0 Å². The molecule has 106 valence electrons. The fourth-order valence-corrected chi connectivity index (χ4v) is 3.89. The third-order valence-corrected chi connectivity index (χ3v) is 5.21. The van der Waals surface area contributed by atoms with E-state index in [1.165, 1.54) is 0 Å². The SMILES string of the molecule is N#CC1(NC(=O)CN2CCS(=O)CC2)CCCCC1.